The summed E-state index contributed by atoms with van der Waals surface area (Å²) in [5, 5.41) is 3.30. The van der Waals surface area contributed by atoms with Crippen molar-refractivity contribution in [2.24, 2.45) is 5.92 Å². The number of anilines is 1. The molecule has 0 bridgehead atoms. The third kappa shape index (κ3) is 3.91. The van der Waals surface area contributed by atoms with Gasteiger partial charge in [0.1, 0.15) is 0 Å². The minimum absolute atomic E-state index is 0.0281. The van der Waals surface area contributed by atoms with Crippen molar-refractivity contribution in [2.75, 3.05) is 11.9 Å². The largest absolute Gasteiger partial charge is 0.466 e. The molecule has 1 heterocycles. The topological polar surface area (TPSA) is 51.2 Å². The first-order chi connectivity index (χ1) is 9.19. The highest BCUT2D eigenvalue weighted by Gasteiger charge is 2.28. The lowest BCUT2D eigenvalue weighted by atomic mass is 9.85. The second-order valence-electron chi connectivity index (χ2n) is 4.83. The van der Waals surface area contributed by atoms with Crippen molar-refractivity contribution in [1.29, 1.82) is 0 Å². The molecule has 1 N–H and O–H groups in total. The number of ether oxygens (including phenoxy) is 1. The monoisotopic (exact) mass is 266 g/mol. The Bertz CT molecular complexity index is 422. The van der Waals surface area contributed by atoms with Crippen molar-refractivity contribution in [1.82, 2.24) is 4.98 Å². The Labute approximate surface area is 112 Å². The van der Waals surface area contributed by atoms with Crippen LogP contribution in [0.4, 0.5) is 10.1 Å². The van der Waals surface area contributed by atoms with Crippen LogP contribution in [0.2, 0.25) is 0 Å². The van der Waals surface area contributed by atoms with Gasteiger partial charge in [-0.15, -0.1) is 0 Å². The van der Waals surface area contributed by atoms with Gasteiger partial charge in [0.05, 0.1) is 24.4 Å². The van der Waals surface area contributed by atoms with E-state index in [1.54, 1.807) is 6.07 Å². The van der Waals surface area contributed by atoms with Crippen LogP contribution in [0.3, 0.4) is 0 Å². The van der Waals surface area contributed by atoms with Gasteiger partial charge in [0.15, 0.2) is 0 Å². The number of nitrogens with zero attached hydrogens (tertiary/aromatic N) is 1. The highest BCUT2D eigenvalue weighted by Crippen LogP contribution is 2.27. The average Bonchev–Trinajstić information content (AvgIpc) is 2.42. The zero-order chi connectivity index (χ0) is 13.7. The molecule has 2 atom stereocenters. The molecule has 0 spiro atoms. The molecule has 19 heavy (non-hydrogen) atoms. The molecule has 0 amide bonds. The van der Waals surface area contributed by atoms with Crippen molar-refractivity contribution in [3.8, 4) is 0 Å². The molecule has 1 aromatic heterocycles. The number of aromatic nitrogens is 1. The van der Waals surface area contributed by atoms with Gasteiger partial charge in [0.25, 0.3) is 0 Å². The molecule has 1 aromatic rings. The molecule has 1 aliphatic carbocycles. The van der Waals surface area contributed by atoms with Crippen molar-refractivity contribution >= 4 is 11.7 Å². The number of halogens is 1. The SMILES string of the molecule is CCOC(=O)C1CCCC(Nc2ccc(F)nc2)C1. The Kier molecular flexibility index (Phi) is 4.71. The van der Waals surface area contributed by atoms with Crippen molar-refractivity contribution in [3.05, 3.63) is 24.3 Å². The summed E-state index contributed by atoms with van der Waals surface area (Å²) < 4.78 is 17.8. The van der Waals surface area contributed by atoms with Gasteiger partial charge in [-0.3, -0.25) is 4.79 Å². The van der Waals surface area contributed by atoms with Gasteiger partial charge in [0, 0.05) is 6.04 Å². The second kappa shape index (κ2) is 6.50. The van der Waals surface area contributed by atoms with E-state index in [1.807, 2.05) is 6.92 Å². The summed E-state index contributed by atoms with van der Waals surface area (Å²) in [4.78, 5) is 15.3. The summed E-state index contributed by atoms with van der Waals surface area (Å²) in [6.45, 7) is 2.25. The van der Waals surface area contributed by atoms with E-state index in [2.05, 4.69) is 10.3 Å². The van der Waals surface area contributed by atoms with Crippen LogP contribution in [0.1, 0.15) is 32.6 Å². The lowest BCUT2D eigenvalue weighted by Gasteiger charge is -2.29. The summed E-state index contributed by atoms with van der Waals surface area (Å²) in [7, 11) is 0. The van der Waals surface area contributed by atoms with Crippen LogP contribution in [-0.2, 0) is 9.53 Å². The summed E-state index contributed by atoms with van der Waals surface area (Å²) >= 11 is 0. The smallest absolute Gasteiger partial charge is 0.308 e. The molecule has 104 valence electrons. The van der Waals surface area contributed by atoms with E-state index in [4.69, 9.17) is 4.74 Å². The van der Waals surface area contributed by atoms with Gasteiger partial charge in [-0.1, -0.05) is 6.42 Å². The van der Waals surface area contributed by atoms with Crippen LogP contribution < -0.4 is 5.32 Å². The molecule has 0 radical (unpaired) electrons. The highest BCUT2D eigenvalue weighted by molar-refractivity contribution is 5.72. The van der Waals surface area contributed by atoms with E-state index in [0.29, 0.717) is 6.61 Å². The molecule has 0 saturated heterocycles. The number of carbonyl (C=O) groups is 1. The van der Waals surface area contributed by atoms with E-state index in [1.165, 1.54) is 12.3 Å². The van der Waals surface area contributed by atoms with E-state index >= 15 is 0 Å². The zero-order valence-corrected chi connectivity index (χ0v) is 11.1. The normalized spacial score (nSPS) is 22.8. The second-order valence-corrected chi connectivity index (χ2v) is 4.83. The Morgan fingerprint density at radius 1 is 1.53 bits per heavy atom. The quantitative estimate of drug-likeness (QED) is 0.672. The number of pyridine rings is 1. The molecule has 1 aliphatic rings. The molecule has 2 rings (SSSR count). The van der Waals surface area contributed by atoms with E-state index < -0.39 is 5.95 Å². The number of nitrogens with one attached hydrogen (secondary N) is 1. The number of esters is 1. The summed E-state index contributed by atoms with van der Waals surface area (Å²) in [5.41, 5.74) is 0.788. The van der Waals surface area contributed by atoms with Gasteiger partial charge in [-0.2, -0.15) is 4.39 Å². The van der Waals surface area contributed by atoms with Crippen LogP contribution in [0, 0.1) is 11.9 Å². The maximum absolute atomic E-state index is 12.7. The number of hydrogen-bond donors (Lipinski definition) is 1. The lowest BCUT2D eigenvalue weighted by molar-refractivity contribution is -0.149. The van der Waals surface area contributed by atoms with Crippen molar-refractivity contribution in [3.63, 3.8) is 0 Å². The maximum Gasteiger partial charge on any atom is 0.308 e. The van der Waals surface area contributed by atoms with Gasteiger partial charge >= 0.3 is 5.97 Å². The fourth-order valence-electron chi connectivity index (χ4n) is 2.49. The van der Waals surface area contributed by atoms with Crippen LogP contribution in [0.15, 0.2) is 18.3 Å². The van der Waals surface area contributed by atoms with E-state index in [0.717, 1.165) is 31.4 Å². The fourth-order valence-corrected chi connectivity index (χ4v) is 2.49. The Hall–Kier alpha value is -1.65. The predicted octanol–water partition coefficient (Wildman–Crippen LogP) is 2.75. The van der Waals surface area contributed by atoms with Crippen LogP contribution in [0.25, 0.3) is 0 Å². The molecule has 4 nitrogen and oxygen atoms in total. The van der Waals surface area contributed by atoms with E-state index in [9.17, 15) is 9.18 Å². The highest BCUT2D eigenvalue weighted by atomic mass is 19.1. The number of hydrogen-bond acceptors (Lipinski definition) is 4. The first-order valence-corrected chi connectivity index (χ1v) is 6.73. The summed E-state index contributed by atoms with van der Waals surface area (Å²) in [6, 6.07) is 3.21. The van der Waals surface area contributed by atoms with Crippen molar-refractivity contribution < 1.29 is 13.9 Å². The predicted molar refractivity (Wildman–Crippen MR) is 70.2 cm³/mol. The van der Waals surface area contributed by atoms with E-state index in [-0.39, 0.29) is 17.9 Å². The molecule has 1 fully saturated rings. The van der Waals surface area contributed by atoms with Crippen LogP contribution in [-0.4, -0.2) is 23.6 Å². The van der Waals surface area contributed by atoms with Crippen molar-refractivity contribution in [2.45, 2.75) is 38.6 Å². The standard InChI is InChI=1S/C14H19FN2O2/c1-2-19-14(18)10-4-3-5-11(8-10)17-12-6-7-13(15)16-9-12/h6-7,9-11,17H,2-5,8H2,1H3. The third-order valence-corrected chi connectivity index (χ3v) is 3.39. The van der Waals surface area contributed by atoms with Crippen LogP contribution in [0.5, 0.6) is 0 Å². The molecular weight excluding hydrogens is 247 g/mol. The third-order valence-electron chi connectivity index (χ3n) is 3.39. The molecule has 2 unspecified atom stereocenters. The molecule has 5 heteroatoms. The minimum Gasteiger partial charge on any atom is -0.466 e. The number of carbonyl (C=O) groups excluding carboxylic acids is 1. The van der Waals surface area contributed by atoms with Gasteiger partial charge in [0.2, 0.25) is 5.95 Å². The fraction of sp³-hybridized carbons (Fsp3) is 0.571. The zero-order valence-electron chi connectivity index (χ0n) is 11.1. The summed E-state index contributed by atoms with van der Waals surface area (Å²) in [5.74, 6) is -0.621. The maximum atomic E-state index is 12.7. The first-order valence-electron chi connectivity index (χ1n) is 6.73. The Morgan fingerprint density at radius 3 is 3.05 bits per heavy atom. The lowest BCUT2D eigenvalue weighted by Crippen LogP contribution is -2.32. The molecule has 0 aliphatic heterocycles. The summed E-state index contributed by atoms with van der Waals surface area (Å²) in [6.07, 6.45) is 5.13. The van der Waals surface area contributed by atoms with Gasteiger partial charge < -0.3 is 10.1 Å². The Balaban J connectivity index is 1.90. The number of rotatable bonds is 4. The Morgan fingerprint density at radius 2 is 2.37 bits per heavy atom. The minimum atomic E-state index is -0.487. The molecule has 0 aromatic carbocycles. The van der Waals surface area contributed by atoms with Crippen LogP contribution >= 0.6 is 0 Å². The molecule has 1 saturated carbocycles. The van der Waals surface area contributed by atoms with Gasteiger partial charge in [-0.25, -0.2) is 4.98 Å². The first kappa shape index (κ1) is 13.8. The average molecular weight is 266 g/mol. The van der Waals surface area contributed by atoms with Gasteiger partial charge in [-0.05, 0) is 38.3 Å². The molecular formula is C14H19FN2O2.